The fourth-order valence-corrected chi connectivity index (χ4v) is 4.09. The number of imidazole rings is 1. The molecule has 0 saturated heterocycles. The van der Waals surface area contributed by atoms with Gasteiger partial charge >= 0.3 is 0 Å². The topological polar surface area (TPSA) is 72.9 Å². The summed E-state index contributed by atoms with van der Waals surface area (Å²) >= 11 is 0. The minimum Gasteiger partial charge on any atom is -0.342 e. The summed E-state index contributed by atoms with van der Waals surface area (Å²) in [6, 6.07) is 17.9. The number of fused-ring (bicyclic) bond motifs is 1. The van der Waals surface area contributed by atoms with Crippen molar-refractivity contribution in [1.82, 2.24) is 14.9 Å². The van der Waals surface area contributed by atoms with Crippen molar-refractivity contribution >= 4 is 16.9 Å². The molecule has 4 rings (SSSR count). The number of carbonyl (C=O) groups excluding carboxylic acids is 1. The number of amides is 1. The zero-order valence-electron chi connectivity index (χ0n) is 15.6. The van der Waals surface area contributed by atoms with Gasteiger partial charge in [-0.15, -0.1) is 0 Å². The standard InChI is InChI=1S/C22H26N4O/c1-26-19-13-6-5-12-18(19)24-21(26)20(15-8-3-2-4-9-15)25-22(27)16-10-7-11-17(23)14-16/h2-6,8-9,12-13,16-17,20H,7,10-11,14,23H2,1H3,(H,25,27). The first kappa shape index (κ1) is 17.7. The van der Waals surface area contributed by atoms with Gasteiger partial charge in [-0.3, -0.25) is 4.79 Å². The number of rotatable bonds is 4. The first-order valence-electron chi connectivity index (χ1n) is 9.65. The van der Waals surface area contributed by atoms with Crippen LogP contribution in [0, 0.1) is 5.92 Å². The average molecular weight is 362 g/mol. The Labute approximate surface area is 159 Å². The van der Waals surface area contributed by atoms with Gasteiger partial charge in [0.05, 0.1) is 11.0 Å². The van der Waals surface area contributed by atoms with Crippen molar-refractivity contribution in [3.05, 3.63) is 66.0 Å². The van der Waals surface area contributed by atoms with E-state index in [0.29, 0.717) is 0 Å². The summed E-state index contributed by atoms with van der Waals surface area (Å²) in [6.45, 7) is 0. The molecule has 27 heavy (non-hydrogen) atoms. The van der Waals surface area contributed by atoms with Crippen LogP contribution in [-0.4, -0.2) is 21.5 Å². The molecule has 1 saturated carbocycles. The largest absolute Gasteiger partial charge is 0.342 e. The molecule has 5 nitrogen and oxygen atoms in total. The maximum absolute atomic E-state index is 13.0. The molecule has 1 amide bonds. The van der Waals surface area contributed by atoms with E-state index in [4.69, 9.17) is 10.7 Å². The van der Waals surface area contributed by atoms with Crippen molar-refractivity contribution in [2.45, 2.75) is 37.8 Å². The summed E-state index contributed by atoms with van der Waals surface area (Å²) < 4.78 is 2.07. The van der Waals surface area contributed by atoms with E-state index in [1.54, 1.807) is 0 Å². The van der Waals surface area contributed by atoms with Crippen LogP contribution in [0.5, 0.6) is 0 Å². The molecule has 3 unspecified atom stereocenters. The Morgan fingerprint density at radius 2 is 1.89 bits per heavy atom. The van der Waals surface area contributed by atoms with Crippen LogP contribution in [0.1, 0.15) is 43.1 Å². The van der Waals surface area contributed by atoms with Gasteiger partial charge in [-0.1, -0.05) is 48.9 Å². The number of hydrogen-bond acceptors (Lipinski definition) is 3. The Morgan fingerprint density at radius 1 is 1.15 bits per heavy atom. The van der Waals surface area contributed by atoms with Gasteiger partial charge in [-0.05, 0) is 37.0 Å². The van der Waals surface area contributed by atoms with Gasteiger partial charge in [0.1, 0.15) is 11.9 Å². The van der Waals surface area contributed by atoms with Crippen molar-refractivity contribution in [2.75, 3.05) is 0 Å². The molecule has 0 bridgehead atoms. The van der Waals surface area contributed by atoms with E-state index in [-0.39, 0.29) is 23.9 Å². The van der Waals surface area contributed by atoms with E-state index >= 15 is 0 Å². The first-order chi connectivity index (χ1) is 13.1. The minimum atomic E-state index is -0.283. The molecule has 0 radical (unpaired) electrons. The van der Waals surface area contributed by atoms with Gasteiger partial charge in [0.15, 0.2) is 0 Å². The number of para-hydroxylation sites is 2. The van der Waals surface area contributed by atoms with E-state index in [0.717, 1.165) is 48.1 Å². The van der Waals surface area contributed by atoms with Gasteiger partial charge < -0.3 is 15.6 Å². The molecule has 5 heteroatoms. The zero-order chi connectivity index (χ0) is 18.8. The van der Waals surface area contributed by atoms with Crippen LogP contribution in [0.15, 0.2) is 54.6 Å². The maximum atomic E-state index is 13.0. The smallest absolute Gasteiger partial charge is 0.224 e. The normalized spacial score (nSPS) is 21.1. The molecule has 0 aliphatic heterocycles. The molecule has 1 fully saturated rings. The van der Waals surface area contributed by atoms with Gasteiger partial charge in [-0.25, -0.2) is 4.98 Å². The third-order valence-corrected chi connectivity index (χ3v) is 5.58. The van der Waals surface area contributed by atoms with Crippen LogP contribution >= 0.6 is 0 Å². The summed E-state index contributed by atoms with van der Waals surface area (Å²) in [5.41, 5.74) is 9.12. The van der Waals surface area contributed by atoms with Crippen LogP contribution in [0.3, 0.4) is 0 Å². The second kappa shape index (κ2) is 7.53. The predicted octanol–water partition coefficient (Wildman–Crippen LogP) is 3.30. The fourth-order valence-electron chi connectivity index (χ4n) is 4.09. The molecule has 3 atom stereocenters. The second-order valence-electron chi connectivity index (χ2n) is 7.49. The van der Waals surface area contributed by atoms with E-state index in [2.05, 4.69) is 16.0 Å². The average Bonchev–Trinajstić information content (AvgIpc) is 3.03. The number of aryl methyl sites for hydroxylation is 1. The van der Waals surface area contributed by atoms with Crippen molar-refractivity contribution < 1.29 is 4.79 Å². The predicted molar refractivity (Wildman–Crippen MR) is 107 cm³/mol. The zero-order valence-corrected chi connectivity index (χ0v) is 15.6. The number of hydrogen-bond donors (Lipinski definition) is 2. The highest BCUT2D eigenvalue weighted by Gasteiger charge is 2.29. The monoisotopic (exact) mass is 362 g/mol. The van der Waals surface area contributed by atoms with Crippen LogP contribution in [0.25, 0.3) is 11.0 Å². The molecule has 3 N–H and O–H groups in total. The number of carbonyl (C=O) groups is 1. The summed E-state index contributed by atoms with van der Waals surface area (Å²) in [5.74, 6) is 0.900. The molecule has 1 heterocycles. The van der Waals surface area contributed by atoms with Crippen molar-refractivity contribution in [3.8, 4) is 0 Å². The fraction of sp³-hybridized carbons (Fsp3) is 0.364. The Bertz CT molecular complexity index is 934. The SMILES string of the molecule is Cn1c(C(NC(=O)C2CCCC(N)C2)c2ccccc2)nc2ccccc21. The molecular formula is C22H26N4O. The van der Waals surface area contributed by atoms with Crippen LogP contribution in [-0.2, 0) is 11.8 Å². The molecule has 0 spiro atoms. The third kappa shape index (κ3) is 3.60. The van der Waals surface area contributed by atoms with Gasteiger partial charge in [0.25, 0.3) is 0 Å². The number of nitrogens with one attached hydrogen (secondary N) is 1. The number of nitrogens with zero attached hydrogens (tertiary/aromatic N) is 2. The van der Waals surface area contributed by atoms with Crippen LogP contribution in [0.2, 0.25) is 0 Å². The van der Waals surface area contributed by atoms with Gasteiger partial charge in [-0.2, -0.15) is 0 Å². The van der Waals surface area contributed by atoms with Crippen LogP contribution < -0.4 is 11.1 Å². The molecule has 140 valence electrons. The van der Waals surface area contributed by atoms with E-state index in [1.165, 1.54) is 0 Å². The maximum Gasteiger partial charge on any atom is 0.224 e. The first-order valence-corrected chi connectivity index (χ1v) is 9.65. The van der Waals surface area contributed by atoms with Crippen LogP contribution in [0.4, 0.5) is 0 Å². The highest BCUT2D eigenvalue weighted by molar-refractivity contribution is 5.80. The molecular weight excluding hydrogens is 336 g/mol. The molecule has 2 aromatic carbocycles. The van der Waals surface area contributed by atoms with Crippen molar-refractivity contribution in [2.24, 2.45) is 18.7 Å². The van der Waals surface area contributed by atoms with Gasteiger partial charge in [0.2, 0.25) is 5.91 Å². The van der Waals surface area contributed by atoms with Gasteiger partial charge in [0, 0.05) is 19.0 Å². The van der Waals surface area contributed by atoms with E-state index in [1.807, 2.05) is 55.6 Å². The Balaban J connectivity index is 1.69. The molecule has 1 aromatic heterocycles. The highest BCUT2D eigenvalue weighted by Crippen LogP contribution is 2.28. The summed E-state index contributed by atoms with van der Waals surface area (Å²) in [6.07, 6.45) is 3.69. The molecule has 1 aliphatic rings. The Morgan fingerprint density at radius 3 is 2.63 bits per heavy atom. The minimum absolute atomic E-state index is 0.0188. The lowest BCUT2D eigenvalue weighted by molar-refractivity contribution is -0.126. The summed E-state index contributed by atoms with van der Waals surface area (Å²) in [7, 11) is 2.00. The number of benzene rings is 2. The Kier molecular flexibility index (Phi) is 4.94. The summed E-state index contributed by atoms with van der Waals surface area (Å²) in [4.78, 5) is 17.8. The number of aromatic nitrogens is 2. The lowest BCUT2D eigenvalue weighted by Crippen LogP contribution is -2.40. The third-order valence-electron chi connectivity index (χ3n) is 5.58. The van der Waals surface area contributed by atoms with Crippen molar-refractivity contribution in [3.63, 3.8) is 0 Å². The van der Waals surface area contributed by atoms with E-state index < -0.39 is 0 Å². The molecule has 1 aliphatic carbocycles. The lowest BCUT2D eigenvalue weighted by Gasteiger charge is -2.28. The highest BCUT2D eigenvalue weighted by atomic mass is 16.2. The Hall–Kier alpha value is -2.66. The molecule has 3 aromatic rings. The number of nitrogens with two attached hydrogens (primary N) is 1. The van der Waals surface area contributed by atoms with E-state index in [9.17, 15) is 4.79 Å². The lowest BCUT2D eigenvalue weighted by atomic mass is 9.85. The quantitative estimate of drug-likeness (QED) is 0.748. The van der Waals surface area contributed by atoms with Crippen molar-refractivity contribution in [1.29, 1.82) is 0 Å². The second-order valence-corrected chi connectivity index (χ2v) is 7.49. The summed E-state index contributed by atoms with van der Waals surface area (Å²) in [5, 5.41) is 3.26.